The van der Waals surface area contributed by atoms with Crippen LogP contribution in [-0.2, 0) is 0 Å². The molecule has 0 saturated heterocycles. The summed E-state index contributed by atoms with van der Waals surface area (Å²) in [5.74, 6) is 0.897. The number of rotatable bonds is 10. The lowest BCUT2D eigenvalue weighted by atomic mass is 10.0. The first-order valence-corrected chi connectivity index (χ1v) is 19.2. The van der Waals surface area contributed by atoms with E-state index in [9.17, 15) is 0 Å². The van der Waals surface area contributed by atoms with Crippen molar-refractivity contribution in [1.29, 1.82) is 0 Å². The van der Waals surface area contributed by atoms with E-state index in [1.54, 1.807) is 0 Å². The zero-order valence-electron chi connectivity index (χ0n) is 32.4. The zero-order chi connectivity index (χ0) is 38.2. The van der Waals surface area contributed by atoms with Gasteiger partial charge >= 0.3 is 0 Å². The summed E-state index contributed by atoms with van der Waals surface area (Å²) in [6, 6.07) is 66.1. The van der Waals surface area contributed by atoms with Crippen LogP contribution in [0.1, 0.15) is 36.0 Å². The van der Waals surface area contributed by atoms with E-state index in [4.69, 9.17) is 4.74 Å². The fourth-order valence-corrected chi connectivity index (χ4v) is 6.67. The number of unbranched alkanes of at least 4 members (excludes halogenated alkanes) is 2. The number of hydrogen-bond donors (Lipinski definition) is 0. The minimum atomic E-state index is 0.721. The fraction of sp³-hybridized carbons (Fsp3) is 0.132. The number of allylic oxidation sites excluding steroid dienone is 1. The molecule has 0 heterocycles. The van der Waals surface area contributed by atoms with Crippen LogP contribution in [0.2, 0.25) is 0 Å². The molecule has 0 radical (unpaired) electrons. The molecule has 0 fully saturated rings. The van der Waals surface area contributed by atoms with Gasteiger partial charge in [0.05, 0.1) is 12.3 Å². The predicted molar refractivity (Wildman–Crippen MR) is 238 cm³/mol. The number of anilines is 3. The van der Waals surface area contributed by atoms with Crippen LogP contribution in [0.5, 0.6) is 5.75 Å². The van der Waals surface area contributed by atoms with Crippen LogP contribution in [0, 0.1) is 20.8 Å². The van der Waals surface area contributed by atoms with E-state index in [0.29, 0.717) is 0 Å². The minimum Gasteiger partial charge on any atom is -0.494 e. The molecular weight excluding hydrogens is 667 g/mol. The predicted octanol–water partition coefficient (Wildman–Crippen LogP) is 15.2. The molecule has 8 aromatic rings. The number of aryl methyl sites for hydroxylation is 3. The second-order valence-corrected chi connectivity index (χ2v) is 13.8. The summed E-state index contributed by atoms with van der Waals surface area (Å²) in [6.45, 7) is 10.9. The Bertz CT molecular complexity index is 2400. The molecule has 0 unspecified atom stereocenters. The standard InChI is InChI=1S/C35H33NO.C11H10.C7H8/c1-3-4-5-8-24-37-33-22-20-31(21-23-33)36(35-19-11-14-28-13-6-7-18-34(28)35)32-17-10-16-30(26-32)29-15-9-12-27(2)25-29;1-9-5-4-7-10-6-2-3-8-11(9)10;1-7-5-3-2-4-6-7/h3,6-7,9-23,25-26H,1,4-5,8,24H2,2H3;2-8H,1H3;2-6H,1H3. The summed E-state index contributed by atoms with van der Waals surface area (Å²) in [7, 11) is 0. The van der Waals surface area contributed by atoms with E-state index in [1.165, 1.54) is 49.4 Å². The third-order valence-corrected chi connectivity index (χ3v) is 9.58. The summed E-state index contributed by atoms with van der Waals surface area (Å²) in [4.78, 5) is 2.34. The van der Waals surface area contributed by atoms with Crippen molar-refractivity contribution < 1.29 is 4.74 Å². The van der Waals surface area contributed by atoms with Crippen LogP contribution >= 0.6 is 0 Å². The van der Waals surface area contributed by atoms with Crippen LogP contribution in [0.15, 0.2) is 201 Å². The molecule has 0 amide bonds. The summed E-state index contributed by atoms with van der Waals surface area (Å²) >= 11 is 0. The maximum atomic E-state index is 6.00. The molecule has 0 N–H and O–H groups in total. The van der Waals surface area contributed by atoms with E-state index >= 15 is 0 Å². The molecule has 0 spiro atoms. The Morgan fingerprint density at radius 2 is 1.07 bits per heavy atom. The first-order valence-electron chi connectivity index (χ1n) is 19.2. The highest BCUT2D eigenvalue weighted by Crippen LogP contribution is 2.40. The van der Waals surface area contributed by atoms with Crippen molar-refractivity contribution in [2.45, 2.75) is 40.0 Å². The summed E-state index contributed by atoms with van der Waals surface area (Å²) in [6.07, 6.45) is 5.13. The average molecular weight is 718 g/mol. The Morgan fingerprint density at radius 1 is 0.491 bits per heavy atom. The topological polar surface area (TPSA) is 12.5 Å². The van der Waals surface area contributed by atoms with Crippen molar-refractivity contribution in [3.8, 4) is 16.9 Å². The fourth-order valence-electron chi connectivity index (χ4n) is 6.67. The first-order chi connectivity index (χ1) is 27.0. The molecule has 274 valence electrons. The minimum absolute atomic E-state index is 0.721. The van der Waals surface area contributed by atoms with E-state index in [-0.39, 0.29) is 0 Å². The van der Waals surface area contributed by atoms with Crippen LogP contribution in [0.4, 0.5) is 17.1 Å². The van der Waals surface area contributed by atoms with Gasteiger partial charge in [-0.2, -0.15) is 0 Å². The molecule has 2 nitrogen and oxygen atoms in total. The van der Waals surface area contributed by atoms with Crippen molar-refractivity contribution in [2.75, 3.05) is 11.5 Å². The zero-order valence-corrected chi connectivity index (χ0v) is 32.4. The molecular formula is C53H51NO. The maximum absolute atomic E-state index is 6.00. The molecule has 0 aromatic heterocycles. The van der Waals surface area contributed by atoms with Gasteiger partial charge in [-0.25, -0.2) is 0 Å². The molecule has 0 atom stereocenters. The van der Waals surface area contributed by atoms with E-state index in [2.05, 4.69) is 202 Å². The third-order valence-electron chi connectivity index (χ3n) is 9.58. The second kappa shape index (κ2) is 19.6. The Morgan fingerprint density at radius 3 is 1.75 bits per heavy atom. The van der Waals surface area contributed by atoms with Gasteiger partial charge in [-0.1, -0.05) is 163 Å². The summed E-state index contributed by atoms with van der Waals surface area (Å²) in [5, 5.41) is 5.12. The molecule has 55 heavy (non-hydrogen) atoms. The smallest absolute Gasteiger partial charge is 0.119 e. The van der Waals surface area contributed by atoms with Crippen LogP contribution < -0.4 is 9.64 Å². The maximum Gasteiger partial charge on any atom is 0.119 e. The summed E-state index contributed by atoms with van der Waals surface area (Å²) < 4.78 is 6.00. The van der Waals surface area contributed by atoms with Gasteiger partial charge in [0.2, 0.25) is 0 Å². The normalized spacial score (nSPS) is 10.5. The highest BCUT2D eigenvalue weighted by Gasteiger charge is 2.16. The van der Waals surface area contributed by atoms with E-state index in [0.717, 1.165) is 48.7 Å². The molecule has 0 aliphatic heterocycles. The monoisotopic (exact) mass is 717 g/mol. The third kappa shape index (κ3) is 10.6. The molecule has 0 saturated carbocycles. The Hall–Kier alpha value is -6.38. The molecule has 0 aliphatic carbocycles. The Balaban J connectivity index is 0.000000231. The van der Waals surface area contributed by atoms with Gasteiger partial charge in [0.1, 0.15) is 5.75 Å². The molecule has 8 rings (SSSR count). The highest BCUT2D eigenvalue weighted by atomic mass is 16.5. The number of benzene rings is 8. The number of fused-ring (bicyclic) bond motifs is 2. The quantitative estimate of drug-likeness (QED) is 0.103. The van der Waals surface area contributed by atoms with E-state index in [1.807, 2.05) is 24.3 Å². The molecule has 8 aromatic carbocycles. The van der Waals surface area contributed by atoms with Crippen LogP contribution in [-0.4, -0.2) is 6.61 Å². The van der Waals surface area contributed by atoms with Gasteiger partial charge in [0, 0.05) is 16.8 Å². The van der Waals surface area contributed by atoms with Gasteiger partial charge < -0.3 is 9.64 Å². The van der Waals surface area contributed by atoms with Crippen molar-refractivity contribution in [3.63, 3.8) is 0 Å². The van der Waals surface area contributed by atoms with Crippen LogP contribution in [0.25, 0.3) is 32.7 Å². The molecule has 2 heteroatoms. The van der Waals surface area contributed by atoms with Gasteiger partial charge in [0.25, 0.3) is 0 Å². The van der Waals surface area contributed by atoms with Crippen molar-refractivity contribution in [2.24, 2.45) is 0 Å². The van der Waals surface area contributed by atoms with Gasteiger partial charge in [0.15, 0.2) is 0 Å². The lowest BCUT2D eigenvalue weighted by Crippen LogP contribution is -2.10. The van der Waals surface area contributed by atoms with E-state index < -0.39 is 0 Å². The average Bonchev–Trinajstić information content (AvgIpc) is 3.23. The molecule has 0 aliphatic rings. The van der Waals surface area contributed by atoms with Crippen molar-refractivity contribution >= 4 is 38.6 Å². The van der Waals surface area contributed by atoms with Gasteiger partial charge in [-0.05, 0) is 115 Å². The van der Waals surface area contributed by atoms with Crippen molar-refractivity contribution in [3.05, 3.63) is 217 Å². The number of ether oxygens (including phenoxy) is 1. The first kappa shape index (κ1) is 38.3. The van der Waals surface area contributed by atoms with Gasteiger partial charge in [-0.3, -0.25) is 0 Å². The van der Waals surface area contributed by atoms with Crippen LogP contribution in [0.3, 0.4) is 0 Å². The number of hydrogen-bond acceptors (Lipinski definition) is 2. The Kier molecular flexibility index (Phi) is 13.7. The Labute approximate surface area is 328 Å². The highest BCUT2D eigenvalue weighted by molar-refractivity contribution is 5.99. The lowest BCUT2D eigenvalue weighted by molar-refractivity contribution is 0.307. The number of nitrogens with zero attached hydrogens (tertiary/aromatic N) is 1. The largest absolute Gasteiger partial charge is 0.494 e. The van der Waals surface area contributed by atoms with Crippen molar-refractivity contribution in [1.82, 2.24) is 0 Å². The lowest BCUT2D eigenvalue weighted by Gasteiger charge is -2.27. The van der Waals surface area contributed by atoms with Gasteiger partial charge in [-0.15, -0.1) is 6.58 Å². The molecule has 0 bridgehead atoms. The summed E-state index contributed by atoms with van der Waals surface area (Å²) in [5.41, 5.74) is 9.72. The second-order valence-electron chi connectivity index (χ2n) is 13.8. The SMILES string of the molecule is C=CCCCCOc1ccc(N(c2cccc(-c3cccc(C)c3)c2)c2cccc3ccccc23)cc1.Cc1cccc2ccccc12.Cc1ccccc1.